The molecule has 0 aromatic heterocycles. The van der Waals surface area contributed by atoms with Crippen molar-refractivity contribution in [2.75, 3.05) is 0 Å². The first-order valence-corrected chi connectivity index (χ1v) is 8.85. The molecule has 0 fully saturated rings. The van der Waals surface area contributed by atoms with Gasteiger partial charge in [0, 0.05) is 10.8 Å². The third-order valence-electron chi connectivity index (χ3n) is 3.86. The summed E-state index contributed by atoms with van der Waals surface area (Å²) in [7, 11) is 0. The summed E-state index contributed by atoms with van der Waals surface area (Å²) in [5.74, 6) is 1.76. The van der Waals surface area contributed by atoms with E-state index < -0.39 is 0 Å². The molecule has 0 saturated carbocycles. The normalized spacial score (nSPS) is 14.8. The maximum Gasteiger partial charge on any atom is 0.153 e. The summed E-state index contributed by atoms with van der Waals surface area (Å²) >= 11 is 0. The van der Waals surface area contributed by atoms with E-state index in [1.807, 2.05) is 24.3 Å². The van der Waals surface area contributed by atoms with E-state index in [9.17, 15) is 5.26 Å². The predicted molar refractivity (Wildman–Crippen MR) is 110 cm³/mol. The van der Waals surface area contributed by atoms with Gasteiger partial charge in [-0.2, -0.15) is 15.8 Å². The van der Waals surface area contributed by atoms with Crippen LogP contribution in [-0.4, -0.2) is 0 Å². The smallest absolute Gasteiger partial charge is 0.153 e. The topological polar surface area (TPSA) is 107 Å². The number of nitrogens with two attached hydrogens (primary N) is 1. The largest absolute Gasteiger partial charge is 0.465 e. The molecule has 0 bridgehead atoms. The molecule has 1 heterocycles. The van der Waals surface area contributed by atoms with Gasteiger partial charge in [0.15, 0.2) is 5.57 Å². The van der Waals surface area contributed by atoms with Gasteiger partial charge >= 0.3 is 0 Å². The van der Waals surface area contributed by atoms with E-state index in [1.54, 1.807) is 24.3 Å². The molecular weight excluding hydrogens is 348 g/mol. The molecule has 1 aliphatic rings. The molecule has 0 amide bonds. The maximum atomic E-state index is 9.20. The Labute approximate surface area is 167 Å². The van der Waals surface area contributed by atoms with Crippen LogP contribution in [0.3, 0.4) is 0 Å². The van der Waals surface area contributed by atoms with Crippen LogP contribution >= 0.6 is 0 Å². The van der Waals surface area contributed by atoms with Crippen molar-refractivity contribution in [1.82, 2.24) is 0 Å². The fourth-order valence-corrected chi connectivity index (χ4v) is 2.14. The molecule has 1 rings (SSSR count). The van der Waals surface area contributed by atoms with Crippen LogP contribution < -0.4 is 5.73 Å². The Morgan fingerprint density at radius 1 is 0.893 bits per heavy atom. The molecule has 1 aliphatic heterocycles. The molecule has 0 aromatic rings. The molecule has 2 N–H and O–H groups in total. The summed E-state index contributed by atoms with van der Waals surface area (Å²) in [5, 5.41) is 26.9. The third kappa shape index (κ3) is 6.04. The maximum absolute atomic E-state index is 9.20. The molecule has 0 spiro atoms. The Hall–Kier alpha value is -3.49. The van der Waals surface area contributed by atoms with E-state index >= 15 is 0 Å². The SMILES string of the molecule is CC(C)(C)C1=CC(=C/C=C/C=C(\C#N)C(N)=C(C#N)C#N)C=C(C(C)(C)C)O1. The zero-order valence-electron chi connectivity index (χ0n) is 17.3. The Bertz CT molecular complexity index is 887. The highest BCUT2D eigenvalue weighted by molar-refractivity contribution is 5.53. The Balaban J connectivity index is 3.26. The van der Waals surface area contributed by atoms with Crippen molar-refractivity contribution in [2.45, 2.75) is 41.5 Å². The molecule has 0 atom stereocenters. The molecular formula is C23H26N4O. The van der Waals surface area contributed by atoms with Crippen LogP contribution in [0.5, 0.6) is 0 Å². The monoisotopic (exact) mass is 374 g/mol. The van der Waals surface area contributed by atoms with Gasteiger partial charge in [0.2, 0.25) is 0 Å². The molecule has 0 saturated heterocycles. The lowest BCUT2D eigenvalue weighted by atomic mass is 9.87. The summed E-state index contributed by atoms with van der Waals surface area (Å²) in [6, 6.07) is 5.27. The predicted octanol–water partition coefficient (Wildman–Crippen LogP) is 5.07. The van der Waals surface area contributed by atoms with Crippen molar-refractivity contribution in [2.24, 2.45) is 16.6 Å². The fourth-order valence-electron chi connectivity index (χ4n) is 2.14. The lowest BCUT2D eigenvalue weighted by molar-refractivity contribution is 0.161. The summed E-state index contributed by atoms with van der Waals surface area (Å²) in [4.78, 5) is 0. The van der Waals surface area contributed by atoms with Crippen molar-refractivity contribution in [3.63, 3.8) is 0 Å². The number of nitrogens with zero attached hydrogens (tertiary/aromatic N) is 3. The highest BCUT2D eigenvalue weighted by atomic mass is 16.5. The van der Waals surface area contributed by atoms with Crippen LogP contribution in [-0.2, 0) is 4.74 Å². The lowest BCUT2D eigenvalue weighted by Crippen LogP contribution is -2.21. The minimum atomic E-state index is -0.278. The van der Waals surface area contributed by atoms with Gasteiger partial charge < -0.3 is 10.5 Å². The molecule has 0 radical (unpaired) electrons. The van der Waals surface area contributed by atoms with Gasteiger partial charge in [-0.15, -0.1) is 0 Å². The zero-order valence-corrected chi connectivity index (χ0v) is 17.3. The van der Waals surface area contributed by atoms with Gasteiger partial charge in [-0.3, -0.25) is 0 Å². The quantitative estimate of drug-likeness (QED) is 0.548. The highest BCUT2D eigenvalue weighted by Crippen LogP contribution is 2.38. The van der Waals surface area contributed by atoms with Crippen molar-refractivity contribution in [3.05, 3.63) is 70.4 Å². The Kier molecular flexibility index (Phi) is 7.20. The van der Waals surface area contributed by atoms with Gasteiger partial charge in [0.1, 0.15) is 29.7 Å². The summed E-state index contributed by atoms with van der Waals surface area (Å²) in [6.45, 7) is 12.6. The van der Waals surface area contributed by atoms with Crippen molar-refractivity contribution in [1.29, 1.82) is 15.8 Å². The number of ether oxygens (including phenoxy) is 1. The summed E-state index contributed by atoms with van der Waals surface area (Å²) < 4.78 is 6.11. The van der Waals surface area contributed by atoms with E-state index in [0.29, 0.717) is 0 Å². The van der Waals surface area contributed by atoms with Crippen molar-refractivity contribution < 1.29 is 4.74 Å². The van der Waals surface area contributed by atoms with Gasteiger partial charge in [-0.05, 0) is 23.8 Å². The van der Waals surface area contributed by atoms with E-state index in [-0.39, 0.29) is 27.7 Å². The number of rotatable bonds is 3. The van der Waals surface area contributed by atoms with Crippen molar-refractivity contribution in [3.8, 4) is 18.2 Å². The molecule has 0 unspecified atom stereocenters. The molecule has 144 valence electrons. The number of nitriles is 3. The average molecular weight is 374 g/mol. The second-order valence-corrected chi connectivity index (χ2v) is 8.38. The molecule has 0 aliphatic carbocycles. The van der Waals surface area contributed by atoms with E-state index in [1.165, 1.54) is 6.08 Å². The molecule has 5 nitrogen and oxygen atoms in total. The van der Waals surface area contributed by atoms with E-state index in [2.05, 4.69) is 41.5 Å². The van der Waals surface area contributed by atoms with Crippen LogP contribution in [0.25, 0.3) is 0 Å². The second kappa shape index (κ2) is 8.94. The minimum Gasteiger partial charge on any atom is -0.465 e. The van der Waals surface area contributed by atoms with Gasteiger partial charge in [-0.1, -0.05) is 59.8 Å². The third-order valence-corrected chi connectivity index (χ3v) is 3.86. The standard InChI is InChI=1S/C23H26N4O/c1-22(2,3)19-11-16(12-20(28-19)23(4,5)6)9-7-8-10-17(13-24)21(27)18(14-25)15-26/h7-12H,27H2,1-6H3/b8-7+,17-10+. The summed E-state index contributed by atoms with van der Waals surface area (Å²) in [6.07, 6.45) is 10.8. The van der Waals surface area contributed by atoms with Gasteiger partial charge in [0.25, 0.3) is 0 Å². The highest BCUT2D eigenvalue weighted by Gasteiger charge is 2.28. The van der Waals surface area contributed by atoms with Gasteiger partial charge in [-0.25, -0.2) is 0 Å². The summed E-state index contributed by atoms with van der Waals surface area (Å²) in [5.41, 5.74) is 6.08. The van der Waals surface area contributed by atoms with E-state index in [4.69, 9.17) is 21.0 Å². The molecule has 28 heavy (non-hydrogen) atoms. The molecule has 0 aromatic carbocycles. The van der Waals surface area contributed by atoms with Crippen LogP contribution in [0.4, 0.5) is 0 Å². The first kappa shape index (κ1) is 22.6. The van der Waals surface area contributed by atoms with Crippen molar-refractivity contribution >= 4 is 0 Å². The van der Waals surface area contributed by atoms with E-state index in [0.717, 1.165) is 17.1 Å². The first-order valence-electron chi connectivity index (χ1n) is 8.85. The fraction of sp³-hybridized carbons (Fsp3) is 0.348. The number of hydrogen-bond donors (Lipinski definition) is 1. The molecule has 5 heteroatoms. The number of hydrogen-bond acceptors (Lipinski definition) is 5. The van der Waals surface area contributed by atoms with Crippen LogP contribution in [0, 0.1) is 44.8 Å². The Morgan fingerprint density at radius 3 is 1.79 bits per heavy atom. The lowest BCUT2D eigenvalue weighted by Gasteiger charge is -2.32. The second-order valence-electron chi connectivity index (χ2n) is 8.38. The van der Waals surface area contributed by atoms with Gasteiger partial charge in [0.05, 0.1) is 11.3 Å². The Morgan fingerprint density at radius 2 is 1.39 bits per heavy atom. The van der Waals surface area contributed by atoms with Crippen LogP contribution in [0.2, 0.25) is 0 Å². The zero-order chi connectivity index (χ0) is 21.5. The first-order chi connectivity index (χ1) is 12.9. The van der Waals surface area contributed by atoms with Crippen LogP contribution in [0.1, 0.15) is 41.5 Å². The average Bonchev–Trinajstić information content (AvgIpc) is 2.61. The number of allylic oxidation sites excluding steroid dienone is 11. The van der Waals surface area contributed by atoms with Crippen LogP contribution in [0.15, 0.2) is 70.4 Å². The minimum absolute atomic E-state index is 0.0663.